The maximum atomic E-state index is 4.90. The van der Waals surface area contributed by atoms with Crippen molar-refractivity contribution in [3.05, 3.63) is 35.9 Å². The number of unbranched alkanes of at least 4 members (excludes halogenated alkanes) is 1. The van der Waals surface area contributed by atoms with Gasteiger partial charge >= 0.3 is 0 Å². The highest BCUT2D eigenvalue weighted by Gasteiger charge is 2.43. The van der Waals surface area contributed by atoms with Gasteiger partial charge in [0.15, 0.2) is 5.96 Å². The second-order valence-electron chi connectivity index (χ2n) is 8.12. The minimum absolute atomic E-state index is 0. The molecule has 2 N–H and O–H groups in total. The van der Waals surface area contributed by atoms with Crippen molar-refractivity contribution in [2.24, 2.45) is 4.99 Å². The lowest BCUT2D eigenvalue weighted by Gasteiger charge is -2.32. The summed E-state index contributed by atoms with van der Waals surface area (Å²) in [6.45, 7) is 11.0. The molecule has 0 atom stereocenters. The molecule has 0 aromatic heterocycles. The molecule has 1 aromatic rings. The van der Waals surface area contributed by atoms with Crippen molar-refractivity contribution in [1.82, 2.24) is 20.4 Å². The first-order valence-corrected chi connectivity index (χ1v) is 10.7. The Bertz CT molecular complexity index is 580. The fraction of sp³-hybridized carbons (Fsp3) is 0.682. The van der Waals surface area contributed by atoms with Crippen molar-refractivity contribution in [3.8, 4) is 0 Å². The number of halogens is 1. The second kappa shape index (κ2) is 12.0. The number of rotatable bonds is 9. The van der Waals surface area contributed by atoms with Crippen LogP contribution in [0.5, 0.6) is 0 Å². The molecule has 28 heavy (non-hydrogen) atoms. The van der Waals surface area contributed by atoms with Crippen LogP contribution in [0.25, 0.3) is 0 Å². The van der Waals surface area contributed by atoms with Gasteiger partial charge in [0.25, 0.3) is 0 Å². The van der Waals surface area contributed by atoms with E-state index in [1.807, 2.05) is 0 Å². The Kier molecular flexibility index (Phi) is 10.0. The van der Waals surface area contributed by atoms with E-state index < -0.39 is 0 Å². The summed E-state index contributed by atoms with van der Waals surface area (Å²) in [5.74, 6) is 0.972. The summed E-state index contributed by atoms with van der Waals surface area (Å²) in [7, 11) is 2.21. The van der Waals surface area contributed by atoms with Crippen LogP contribution in [-0.4, -0.2) is 75.2 Å². The van der Waals surface area contributed by atoms with Gasteiger partial charge < -0.3 is 20.4 Å². The average molecular weight is 499 g/mol. The highest BCUT2D eigenvalue weighted by Crippen LogP contribution is 2.48. The number of hydrogen-bond acceptors (Lipinski definition) is 3. The van der Waals surface area contributed by atoms with Gasteiger partial charge in [-0.1, -0.05) is 30.3 Å². The fourth-order valence-corrected chi connectivity index (χ4v) is 3.79. The number of benzene rings is 1. The number of guanidine groups is 1. The van der Waals surface area contributed by atoms with Gasteiger partial charge in [0.05, 0.1) is 6.54 Å². The second-order valence-corrected chi connectivity index (χ2v) is 8.12. The van der Waals surface area contributed by atoms with Crippen molar-refractivity contribution >= 4 is 29.9 Å². The first kappa shape index (κ1) is 23.4. The molecule has 0 spiro atoms. The van der Waals surface area contributed by atoms with E-state index in [1.54, 1.807) is 0 Å². The molecule has 2 aliphatic rings. The van der Waals surface area contributed by atoms with Crippen LogP contribution >= 0.6 is 24.0 Å². The molecular formula is C22H38IN5. The summed E-state index contributed by atoms with van der Waals surface area (Å²) in [6.07, 6.45) is 4.96. The highest BCUT2D eigenvalue weighted by atomic mass is 127. The maximum absolute atomic E-state index is 4.90. The van der Waals surface area contributed by atoms with Gasteiger partial charge in [0.1, 0.15) is 0 Å². The van der Waals surface area contributed by atoms with Crippen LogP contribution in [0.1, 0.15) is 38.2 Å². The van der Waals surface area contributed by atoms with E-state index in [4.69, 9.17) is 4.99 Å². The van der Waals surface area contributed by atoms with E-state index in [0.717, 1.165) is 25.6 Å². The normalized spacial score (nSPS) is 19.7. The summed E-state index contributed by atoms with van der Waals surface area (Å²) in [6, 6.07) is 10.9. The summed E-state index contributed by atoms with van der Waals surface area (Å²) < 4.78 is 0. The third-order valence-corrected chi connectivity index (χ3v) is 5.91. The Morgan fingerprint density at radius 3 is 2.39 bits per heavy atom. The van der Waals surface area contributed by atoms with Crippen LogP contribution in [0.3, 0.4) is 0 Å². The summed E-state index contributed by atoms with van der Waals surface area (Å²) in [5.41, 5.74) is 1.72. The van der Waals surface area contributed by atoms with Crippen LogP contribution in [-0.2, 0) is 5.41 Å². The van der Waals surface area contributed by atoms with Gasteiger partial charge in [0.2, 0.25) is 0 Å². The molecule has 1 saturated heterocycles. The van der Waals surface area contributed by atoms with Gasteiger partial charge in [-0.05, 0) is 51.8 Å². The predicted octanol–water partition coefficient (Wildman–Crippen LogP) is 2.92. The smallest absolute Gasteiger partial charge is 0.191 e. The molecule has 0 unspecified atom stereocenters. The minimum Gasteiger partial charge on any atom is -0.357 e. The van der Waals surface area contributed by atoms with Gasteiger partial charge in [-0.2, -0.15) is 0 Å². The molecule has 6 heteroatoms. The zero-order chi connectivity index (χ0) is 19.0. The molecule has 1 heterocycles. The third kappa shape index (κ3) is 7.19. The molecule has 1 aliphatic carbocycles. The van der Waals surface area contributed by atoms with E-state index in [-0.39, 0.29) is 29.4 Å². The largest absolute Gasteiger partial charge is 0.357 e. The van der Waals surface area contributed by atoms with Crippen LogP contribution in [0.15, 0.2) is 35.3 Å². The van der Waals surface area contributed by atoms with Gasteiger partial charge in [-0.15, -0.1) is 24.0 Å². The standard InChI is InChI=1S/C22H37N5.HI/c1-3-23-21(24-13-7-8-14-27-17-15-26(2)16-18-27)25-19-22(11-12-22)20-9-5-4-6-10-20;/h4-6,9-10H,3,7-8,11-19H2,1-2H3,(H2,23,24,25);1H. The van der Waals surface area contributed by atoms with Crippen molar-refractivity contribution in [3.63, 3.8) is 0 Å². The number of aliphatic imine (C=N–C) groups is 1. The highest BCUT2D eigenvalue weighted by molar-refractivity contribution is 14.0. The SMILES string of the molecule is CCNC(=NCC1(c2ccccc2)CC1)NCCCCN1CCN(C)CC1.I. The topological polar surface area (TPSA) is 42.9 Å². The van der Waals surface area contributed by atoms with Crippen molar-refractivity contribution < 1.29 is 0 Å². The Morgan fingerprint density at radius 1 is 1.04 bits per heavy atom. The van der Waals surface area contributed by atoms with E-state index in [0.29, 0.717) is 0 Å². The predicted molar refractivity (Wildman–Crippen MR) is 130 cm³/mol. The van der Waals surface area contributed by atoms with Crippen molar-refractivity contribution in [2.45, 2.75) is 38.0 Å². The molecule has 5 nitrogen and oxygen atoms in total. The van der Waals surface area contributed by atoms with E-state index in [2.05, 4.69) is 64.7 Å². The Labute approximate surface area is 188 Å². The Morgan fingerprint density at radius 2 is 1.75 bits per heavy atom. The fourth-order valence-electron chi connectivity index (χ4n) is 3.79. The number of nitrogens with zero attached hydrogens (tertiary/aromatic N) is 3. The van der Waals surface area contributed by atoms with Crippen LogP contribution in [0, 0.1) is 0 Å². The van der Waals surface area contributed by atoms with E-state index >= 15 is 0 Å². The molecule has 1 aliphatic heterocycles. The lowest BCUT2D eigenvalue weighted by molar-refractivity contribution is 0.152. The molecule has 1 aromatic carbocycles. The van der Waals surface area contributed by atoms with Gasteiger partial charge in [0, 0.05) is 44.7 Å². The van der Waals surface area contributed by atoms with Gasteiger partial charge in [-0.25, -0.2) is 0 Å². The lowest BCUT2D eigenvalue weighted by atomic mass is 9.96. The van der Waals surface area contributed by atoms with Gasteiger partial charge in [-0.3, -0.25) is 4.99 Å². The van der Waals surface area contributed by atoms with Crippen molar-refractivity contribution in [1.29, 1.82) is 0 Å². The van der Waals surface area contributed by atoms with Crippen LogP contribution in [0.2, 0.25) is 0 Å². The van der Waals surface area contributed by atoms with E-state index in [9.17, 15) is 0 Å². The van der Waals surface area contributed by atoms with Crippen molar-refractivity contribution in [2.75, 3.05) is 59.4 Å². The summed E-state index contributed by atoms with van der Waals surface area (Å²) in [4.78, 5) is 9.91. The zero-order valence-corrected chi connectivity index (χ0v) is 20.0. The molecule has 0 radical (unpaired) electrons. The quantitative estimate of drug-likeness (QED) is 0.237. The summed E-state index contributed by atoms with van der Waals surface area (Å²) >= 11 is 0. The number of nitrogens with one attached hydrogen (secondary N) is 2. The molecule has 158 valence electrons. The van der Waals surface area contributed by atoms with E-state index in [1.165, 1.54) is 64.0 Å². The monoisotopic (exact) mass is 499 g/mol. The molecule has 1 saturated carbocycles. The first-order valence-electron chi connectivity index (χ1n) is 10.7. The maximum Gasteiger partial charge on any atom is 0.191 e. The number of likely N-dealkylation sites (N-methyl/N-ethyl adjacent to an activating group) is 1. The molecule has 0 bridgehead atoms. The Balaban J connectivity index is 0.00000280. The third-order valence-electron chi connectivity index (χ3n) is 5.91. The minimum atomic E-state index is 0. The van der Waals surface area contributed by atoms with Crippen LogP contribution in [0.4, 0.5) is 0 Å². The number of piperazine rings is 1. The molecule has 3 rings (SSSR count). The first-order chi connectivity index (χ1) is 13.2. The van der Waals surface area contributed by atoms with Crippen LogP contribution < -0.4 is 10.6 Å². The lowest BCUT2D eigenvalue weighted by Crippen LogP contribution is -2.44. The number of hydrogen-bond donors (Lipinski definition) is 2. The Hall–Kier alpha value is -0.860. The molecule has 2 fully saturated rings. The molecule has 0 amide bonds. The zero-order valence-electron chi connectivity index (χ0n) is 17.6. The average Bonchev–Trinajstić information content (AvgIpc) is 3.49. The summed E-state index contributed by atoms with van der Waals surface area (Å²) in [5, 5.41) is 6.93. The molecular weight excluding hydrogens is 461 g/mol.